The second-order valence-corrected chi connectivity index (χ2v) is 22.9. The summed E-state index contributed by atoms with van der Waals surface area (Å²) in [6, 6.07) is 54.2. The average molecular weight is 1130 g/mol. The van der Waals surface area contributed by atoms with E-state index in [-0.39, 0.29) is 44.0 Å². The molecule has 0 fully saturated rings. The zero-order valence-electron chi connectivity index (χ0n) is 44.3. The van der Waals surface area contributed by atoms with Crippen LogP contribution in [0.1, 0.15) is 98.7 Å². The SMILES string of the molecule is Cc1cc(C)c(B(c2ccc3c(c2)c2ccc(Oc4[c-]c5c(cc4)c4cccc6c4n4c(c(-c7ccccc7)nc54)C(C)(C)C6(C)C)[c-]c2n3-c2cc(C(C)(C)C)ccn2)c2c(C)cc(C)cc2C)c(C)c1.[Pt+2]. The Morgan fingerprint density at radius 3 is 1.88 bits per heavy atom. The summed E-state index contributed by atoms with van der Waals surface area (Å²) >= 11 is 0. The van der Waals surface area contributed by atoms with E-state index in [9.17, 15) is 0 Å². The fourth-order valence-corrected chi connectivity index (χ4v) is 12.6. The second kappa shape index (κ2) is 17.2. The van der Waals surface area contributed by atoms with Gasteiger partial charge in [-0.15, -0.1) is 29.7 Å². The van der Waals surface area contributed by atoms with Crippen molar-refractivity contribution in [2.75, 3.05) is 0 Å². The topological polar surface area (TPSA) is 44.4 Å². The Morgan fingerprint density at radius 2 is 1.23 bits per heavy atom. The van der Waals surface area contributed by atoms with Gasteiger partial charge in [0.05, 0.1) is 11.3 Å². The summed E-state index contributed by atoms with van der Waals surface area (Å²) in [6.45, 7) is 29.8. The largest absolute Gasteiger partial charge is 2.00 e. The molecule has 7 heteroatoms. The molecule has 0 bridgehead atoms. The van der Waals surface area contributed by atoms with Crippen molar-refractivity contribution >= 4 is 72.2 Å². The van der Waals surface area contributed by atoms with Crippen molar-refractivity contribution in [3.05, 3.63) is 196 Å². The number of para-hydroxylation sites is 1. The van der Waals surface area contributed by atoms with Gasteiger partial charge in [0, 0.05) is 50.8 Å². The van der Waals surface area contributed by atoms with E-state index in [0.717, 1.165) is 55.3 Å². The molecule has 5 heterocycles. The van der Waals surface area contributed by atoms with E-state index in [4.69, 9.17) is 14.7 Å². The first kappa shape index (κ1) is 48.5. The van der Waals surface area contributed by atoms with Crippen LogP contribution >= 0.6 is 0 Å². The second-order valence-electron chi connectivity index (χ2n) is 22.9. The van der Waals surface area contributed by atoms with Crippen LogP contribution in [-0.2, 0) is 37.3 Å². The molecule has 0 aliphatic carbocycles. The van der Waals surface area contributed by atoms with Crippen LogP contribution in [0, 0.1) is 53.7 Å². The summed E-state index contributed by atoms with van der Waals surface area (Å²) in [5, 5.41) is 5.44. The molecule has 5 nitrogen and oxygen atoms in total. The minimum absolute atomic E-state index is 0. The van der Waals surface area contributed by atoms with Gasteiger partial charge < -0.3 is 13.7 Å². The van der Waals surface area contributed by atoms with Crippen molar-refractivity contribution in [2.45, 2.75) is 106 Å². The molecule has 0 radical (unpaired) electrons. The summed E-state index contributed by atoms with van der Waals surface area (Å²) in [7, 11) is 0. The summed E-state index contributed by atoms with van der Waals surface area (Å²) in [5.74, 6) is 2.05. The molecule has 1 aliphatic rings. The maximum atomic E-state index is 6.92. The first-order chi connectivity index (χ1) is 34.3. The fraction of sp³-hybridized carbons (Fsp3) is 0.242. The predicted molar refractivity (Wildman–Crippen MR) is 303 cm³/mol. The Kier molecular flexibility index (Phi) is 11.4. The van der Waals surface area contributed by atoms with Gasteiger partial charge in [0.25, 0.3) is 0 Å². The number of hydrogen-bond acceptors (Lipinski definition) is 3. The average Bonchev–Trinajstić information content (AvgIpc) is 3.90. The van der Waals surface area contributed by atoms with Gasteiger partial charge in [-0.05, 0) is 87.1 Å². The molecule has 1 aliphatic heterocycles. The van der Waals surface area contributed by atoms with Crippen molar-refractivity contribution in [2.24, 2.45) is 0 Å². The van der Waals surface area contributed by atoms with Crippen molar-refractivity contribution in [3.8, 4) is 28.6 Å². The Morgan fingerprint density at radius 1 is 0.603 bits per heavy atom. The monoisotopic (exact) mass is 1130 g/mol. The third-order valence-corrected chi connectivity index (χ3v) is 16.6. The standard InChI is InChI=1S/C66H61BN4O.Pt/c1-38-30-40(3)58(41(4)31-38)67(59-42(5)32-39(2)33-43(59)6)46-22-27-55-52(35-46)50-26-24-48(37-56(50)70(55)57-34-45(28-29-68-57)64(7,8)9)72-47-23-25-49-51-20-17-21-54-61(51)71-62(66(12,13)65(54,10)11)60(44-18-15-14-16-19-44)69-63(71)53(49)36-47;/h14-35H,1-13H3;/q-2;+2. The summed E-state index contributed by atoms with van der Waals surface area (Å²) < 4.78 is 11.6. The smallest absolute Gasteiger partial charge is 0.503 e. The minimum atomic E-state index is -0.246. The molecule has 0 unspecified atom stereocenters. The molecule has 0 saturated carbocycles. The number of fused-ring (bicyclic) bond motifs is 6. The first-order valence-corrected chi connectivity index (χ1v) is 25.5. The number of aryl methyl sites for hydroxylation is 6. The molecule has 12 rings (SSSR count). The number of nitrogens with zero attached hydrogens (tertiary/aromatic N) is 4. The van der Waals surface area contributed by atoms with Crippen LogP contribution < -0.4 is 21.1 Å². The summed E-state index contributed by atoms with van der Waals surface area (Å²) in [6.07, 6.45) is 1.94. The maximum absolute atomic E-state index is 6.92. The van der Waals surface area contributed by atoms with E-state index < -0.39 is 0 Å². The summed E-state index contributed by atoms with van der Waals surface area (Å²) in [4.78, 5) is 10.6. The van der Waals surface area contributed by atoms with E-state index in [1.54, 1.807) is 0 Å². The van der Waals surface area contributed by atoms with Crippen LogP contribution in [0.3, 0.4) is 0 Å². The number of aromatic nitrogens is 4. The first-order valence-electron chi connectivity index (χ1n) is 25.5. The maximum Gasteiger partial charge on any atom is 2.00 e. The van der Waals surface area contributed by atoms with Gasteiger partial charge in [0.15, 0.2) is 0 Å². The zero-order chi connectivity index (χ0) is 50.3. The van der Waals surface area contributed by atoms with Crippen LogP contribution in [0.4, 0.5) is 0 Å². The van der Waals surface area contributed by atoms with Gasteiger partial charge in [0.1, 0.15) is 5.82 Å². The van der Waals surface area contributed by atoms with E-state index in [1.807, 2.05) is 12.3 Å². The van der Waals surface area contributed by atoms with Gasteiger partial charge in [-0.3, -0.25) is 4.98 Å². The molecule has 0 saturated heterocycles. The van der Waals surface area contributed by atoms with Gasteiger partial charge >= 0.3 is 21.1 Å². The zero-order valence-corrected chi connectivity index (χ0v) is 46.6. The third kappa shape index (κ3) is 7.45. The molecule has 0 amide bonds. The van der Waals surface area contributed by atoms with Crippen molar-refractivity contribution in [3.63, 3.8) is 0 Å². The Balaban J connectivity index is 0.00000574. The third-order valence-electron chi connectivity index (χ3n) is 16.6. The molecular formula is C66H61BN4OPt. The minimum Gasteiger partial charge on any atom is -0.503 e. The number of pyridine rings is 2. The van der Waals surface area contributed by atoms with E-state index in [0.29, 0.717) is 11.5 Å². The molecule has 4 aromatic heterocycles. The van der Waals surface area contributed by atoms with Crippen molar-refractivity contribution in [1.29, 1.82) is 0 Å². The predicted octanol–water partition coefficient (Wildman–Crippen LogP) is 14.4. The van der Waals surface area contributed by atoms with Gasteiger partial charge in [-0.25, -0.2) is 4.98 Å². The van der Waals surface area contributed by atoms with Crippen molar-refractivity contribution in [1.82, 2.24) is 18.9 Å². The van der Waals surface area contributed by atoms with Crippen LogP contribution in [0.25, 0.3) is 66.2 Å². The Bertz CT molecular complexity index is 3970. The fourth-order valence-electron chi connectivity index (χ4n) is 12.6. The van der Waals surface area contributed by atoms with E-state index in [2.05, 4.69) is 232 Å². The van der Waals surface area contributed by atoms with Crippen LogP contribution in [0.5, 0.6) is 11.5 Å². The number of hydrogen-bond donors (Lipinski definition) is 0. The van der Waals surface area contributed by atoms with Crippen LogP contribution in [0.15, 0.2) is 134 Å². The summed E-state index contributed by atoms with van der Waals surface area (Å²) in [5.41, 5.74) is 21.2. The van der Waals surface area contributed by atoms with E-state index >= 15 is 0 Å². The number of benzene rings is 7. The Labute approximate surface area is 445 Å². The molecule has 0 N–H and O–H groups in total. The molecule has 0 spiro atoms. The van der Waals surface area contributed by atoms with Crippen molar-refractivity contribution < 1.29 is 25.8 Å². The van der Waals surface area contributed by atoms with Crippen LogP contribution in [-0.4, -0.2) is 25.6 Å². The number of rotatable bonds is 7. The number of imidazole rings is 1. The van der Waals surface area contributed by atoms with Crippen LogP contribution in [0.2, 0.25) is 0 Å². The molecule has 73 heavy (non-hydrogen) atoms. The number of ether oxygens (including phenoxy) is 1. The Hall–Kier alpha value is -6.75. The molecule has 0 atom stereocenters. The molecule has 7 aromatic carbocycles. The molecule has 364 valence electrons. The normalized spacial score (nSPS) is 13.9. The molecular weight excluding hydrogens is 1070 g/mol. The van der Waals surface area contributed by atoms with Gasteiger partial charge in [-0.2, -0.15) is 6.07 Å². The van der Waals surface area contributed by atoms with Gasteiger partial charge in [-0.1, -0.05) is 206 Å². The van der Waals surface area contributed by atoms with E-state index in [1.165, 1.54) is 77.5 Å². The van der Waals surface area contributed by atoms with Gasteiger partial charge in [0.2, 0.25) is 6.71 Å². The molecule has 11 aromatic rings. The quantitative estimate of drug-likeness (QED) is 0.0907.